The van der Waals surface area contributed by atoms with E-state index >= 15 is 0 Å². The Kier molecular flexibility index (Phi) is 9.56. The SMILES string of the molecule is CCc1nn(CCN2CCOCC2)c2c1-c1cccc3c(CCCOc4cccc5ccccc45)c(C(=O)O)n(c13)CCCCOC2. The zero-order chi connectivity index (χ0) is 32.2. The highest BCUT2D eigenvalue weighted by Gasteiger charge is 2.28. The van der Waals surface area contributed by atoms with Gasteiger partial charge >= 0.3 is 5.97 Å². The van der Waals surface area contributed by atoms with Gasteiger partial charge in [-0.2, -0.15) is 5.10 Å². The fourth-order valence-electron chi connectivity index (χ4n) is 7.30. The molecule has 0 unspecified atom stereocenters. The van der Waals surface area contributed by atoms with Gasteiger partial charge in [0.2, 0.25) is 0 Å². The van der Waals surface area contributed by atoms with Crippen LogP contribution in [0.3, 0.4) is 0 Å². The fourth-order valence-corrected chi connectivity index (χ4v) is 7.30. The zero-order valence-corrected chi connectivity index (χ0v) is 27.2. The molecule has 0 amide bonds. The largest absolute Gasteiger partial charge is 0.493 e. The highest BCUT2D eigenvalue weighted by atomic mass is 16.5. The predicted octanol–water partition coefficient (Wildman–Crippen LogP) is 6.57. The van der Waals surface area contributed by atoms with Gasteiger partial charge in [-0.1, -0.05) is 61.5 Å². The van der Waals surface area contributed by atoms with Gasteiger partial charge in [0.15, 0.2) is 0 Å². The van der Waals surface area contributed by atoms with Crippen molar-refractivity contribution < 1.29 is 24.1 Å². The predicted molar refractivity (Wildman–Crippen MR) is 183 cm³/mol. The molecule has 2 aromatic heterocycles. The second-order valence-electron chi connectivity index (χ2n) is 12.5. The number of carboxylic acid groups (broad SMARTS) is 1. The molecule has 7 rings (SSSR count). The van der Waals surface area contributed by atoms with Crippen molar-refractivity contribution in [2.24, 2.45) is 0 Å². The molecule has 1 saturated heterocycles. The average molecular weight is 637 g/mol. The third-order valence-corrected chi connectivity index (χ3v) is 9.59. The Morgan fingerprint density at radius 3 is 2.57 bits per heavy atom. The molecule has 2 aliphatic heterocycles. The third-order valence-electron chi connectivity index (χ3n) is 9.59. The first-order chi connectivity index (χ1) is 23.1. The molecule has 2 aliphatic rings. The summed E-state index contributed by atoms with van der Waals surface area (Å²) in [6, 6.07) is 20.6. The lowest BCUT2D eigenvalue weighted by Gasteiger charge is -2.26. The van der Waals surface area contributed by atoms with Crippen LogP contribution in [0.2, 0.25) is 0 Å². The molecule has 0 radical (unpaired) electrons. The van der Waals surface area contributed by atoms with E-state index in [1.807, 2.05) is 24.3 Å². The molecule has 9 nitrogen and oxygen atoms in total. The first-order valence-corrected chi connectivity index (χ1v) is 17.1. The Morgan fingerprint density at radius 2 is 1.72 bits per heavy atom. The highest BCUT2D eigenvalue weighted by molar-refractivity contribution is 6.04. The van der Waals surface area contributed by atoms with Crippen molar-refractivity contribution >= 4 is 27.6 Å². The third kappa shape index (κ3) is 6.40. The summed E-state index contributed by atoms with van der Waals surface area (Å²) >= 11 is 0. The standard InChI is InChI=1S/C38H44N4O5/c1-2-32-35-31-14-8-13-29-30(15-9-23-47-34-16-7-11-27-10-3-4-12-28(27)34)37(38(43)44)41(36(29)31)17-5-6-22-46-26-33(35)42(39-32)19-18-40-20-24-45-25-21-40/h3-4,7-8,10-14,16H,2,5-6,9,15,17-26H2,1H3,(H,43,44). The number of carbonyl (C=O) groups is 1. The van der Waals surface area contributed by atoms with Crippen molar-refractivity contribution in [3.8, 4) is 16.9 Å². The number of aryl methyl sites for hydroxylation is 3. The maximum atomic E-state index is 13.0. The number of fused-ring (bicyclic) bond motifs is 3. The minimum absolute atomic E-state index is 0.386. The van der Waals surface area contributed by atoms with Gasteiger partial charge in [-0.25, -0.2) is 4.79 Å². The Balaban J connectivity index is 1.25. The second kappa shape index (κ2) is 14.3. The molecule has 9 heteroatoms. The Morgan fingerprint density at radius 1 is 0.915 bits per heavy atom. The maximum Gasteiger partial charge on any atom is 0.352 e. The molecule has 0 atom stereocenters. The van der Waals surface area contributed by atoms with E-state index in [1.165, 1.54) is 0 Å². The van der Waals surface area contributed by atoms with E-state index in [-0.39, 0.29) is 0 Å². The number of rotatable bonds is 10. The lowest BCUT2D eigenvalue weighted by molar-refractivity contribution is 0.0354. The van der Waals surface area contributed by atoms with Crippen LogP contribution in [0.25, 0.3) is 32.8 Å². The number of carboxylic acids is 1. The van der Waals surface area contributed by atoms with Crippen LogP contribution in [-0.2, 0) is 42.0 Å². The van der Waals surface area contributed by atoms with Crippen molar-refractivity contribution in [3.05, 3.63) is 83.3 Å². The van der Waals surface area contributed by atoms with Gasteiger partial charge in [0, 0.05) is 54.7 Å². The minimum Gasteiger partial charge on any atom is -0.493 e. The monoisotopic (exact) mass is 636 g/mol. The summed E-state index contributed by atoms with van der Waals surface area (Å²) < 4.78 is 22.3. The van der Waals surface area contributed by atoms with Gasteiger partial charge in [0.1, 0.15) is 11.4 Å². The quantitative estimate of drug-likeness (QED) is 0.173. The molecule has 3 aromatic carbocycles. The van der Waals surface area contributed by atoms with Gasteiger partial charge in [-0.3, -0.25) is 9.58 Å². The van der Waals surface area contributed by atoms with Gasteiger partial charge in [-0.15, -0.1) is 0 Å². The Hall–Kier alpha value is -4.18. The first kappa shape index (κ1) is 31.4. The van der Waals surface area contributed by atoms with E-state index < -0.39 is 5.97 Å². The van der Waals surface area contributed by atoms with Crippen molar-refractivity contribution in [3.63, 3.8) is 0 Å². The van der Waals surface area contributed by atoms with E-state index in [1.54, 1.807) is 0 Å². The molecule has 4 heterocycles. The van der Waals surface area contributed by atoms with Crippen LogP contribution in [-0.4, -0.2) is 76.4 Å². The number of hydrogen-bond acceptors (Lipinski definition) is 6. The lowest BCUT2D eigenvalue weighted by atomic mass is 9.97. The Bertz CT molecular complexity index is 1860. The van der Waals surface area contributed by atoms with Gasteiger partial charge in [0.05, 0.1) is 49.9 Å². The van der Waals surface area contributed by atoms with Crippen LogP contribution >= 0.6 is 0 Å². The molecule has 246 valence electrons. The topological polar surface area (TPSA) is 91.0 Å². The maximum absolute atomic E-state index is 13.0. The number of aromatic nitrogens is 3. The lowest BCUT2D eigenvalue weighted by Crippen LogP contribution is -2.38. The molecular formula is C38H44N4O5. The number of para-hydroxylation sites is 1. The molecule has 0 bridgehead atoms. The summed E-state index contributed by atoms with van der Waals surface area (Å²) in [7, 11) is 0. The Labute approximate surface area is 275 Å². The van der Waals surface area contributed by atoms with Crippen molar-refractivity contribution in [2.75, 3.05) is 46.1 Å². The molecule has 0 aliphatic carbocycles. The summed E-state index contributed by atoms with van der Waals surface area (Å²) in [5, 5.41) is 19.0. The summed E-state index contributed by atoms with van der Waals surface area (Å²) in [4.78, 5) is 15.5. The van der Waals surface area contributed by atoms with Gasteiger partial charge < -0.3 is 23.9 Å². The smallest absolute Gasteiger partial charge is 0.352 e. The fraction of sp³-hybridized carbons (Fsp3) is 0.421. The van der Waals surface area contributed by atoms with Crippen LogP contribution in [0.4, 0.5) is 0 Å². The zero-order valence-electron chi connectivity index (χ0n) is 27.2. The number of nitrogens with zero attached hydrogens (tertiary/aromatic N) is 4. The van der Waals surface area contributed by atoms with Crippen molar-refractivity contribution in [1.82, 2.24) is 19.2 Å². The summed E-state index contributed by atoms with van der Waals surface area (Å²) in [5.74, 6) is -0.0337. The first-order valence-electron chi connectivity index (χ1n) is 17.1. The van der Waals surface area contributed by atoms with E-state index in [0.29, 0.717) is 44.9 Å². The van der Waals surface area contributed by atoms with E-state index in [2.05, 4.69) is 57.5 Å². The normalized spacial score (nSPS) is 15.9. The van der Waals surface area contributed by atoms with E-state index in [0.717, 1.165) is 114 Å². The number of hydrogen-bond donors (Lipinski definition) is 1. The van der Waals surface area contributed by atoms with E-state index in [9.17, 15) is 9.90 Å². The second-order valence-corrected chi connectivity index (χ2v) is 12.5. The number of aromatic carboxylic acids is 1. The van der Waals surface area contributed by atoms with Crippen molar-refractivity contribution in [2.45, 2.75) is 58.7 Å². The highest BCUT2D eigenvalue weighted by Crippen LogP contribution is 2.39. The summed E-state index contributed by atoms with van der Waals surface area (Å²) in [5.41, 5.74) is 6.47. The number of ether oxygens (including phenoxy) is 3. The minimum atomic E-state index is -0.889. The molecule has 0 saturated carbocycles. The summed E-state index contributed by atoms with van der Waals surface area (Å²) in [6.07, 6.45) is 3.77. The van der Waals surface area contributed by atoms with Crippen LogP contribution in [0, 0.1) is 0 Å². The molecular weight excluding hydrogens is 592 g/mol. The van der Waals surface area contributed by atoms with Gasteiger partial charge in [-0.05, 0) is 49.1 Å². The van der Waals surface area contributed by atoms with Crippen LogP contribution in [0.15, 0.2) is 60.7 Å². The van der Waals surface area contributed by atoms with Gasteiger partial charge in [0.25, 0.3) is 0 Å². The average Bonchev–Trinajstić information content (AvgIpc) is 3.61. The molecule has 1 fully saturated rings. The molecule has 1 N–H and O–H groups in total. The van der Waals surface area contributed by atoms with Crippen LogP contribution in [0.5, 0.6) is 5.75 Å². The molecule has 5 aromatic rings. The van der Waals surface area contributed by atoms with Crippen LogP contribution < -0.4 is 4.74 Å². The molecule has 47 heavy (non-hydrogen) atoms. The number of benzene rings is 3. The molecule has 0 spiro atoms. The van der Waals surface area contributed by atoms with Crippen LogP contribution in [0.1, 0.15) is 53.6 Å². The van der Waals surface area contributed by atoms with Crippen molar-refractivity contribution in [1.29, 1.82) is 0 Å². The summed E-state index contributed by atoms with van der Waals surface area (Å²) in [6.45, 7) is 9.42. The van der Waals surface area contributed by atoms with E-state index in [4.69, 9.17) is 19.3 Å². The number of morpholine rings is 1.